The summed E-state index contributed by atoms with van der Waals surface area (Å²) < 4.78 is 5.62. The van der Waals surface area contributed by atoms with Crippen LogP contribution in [0.15, 0.2) is 30.3 Å². The van der Waals surface area contributed by atoms with Crippen molar-refractivity contribution < 1.29 is 4.74 Å². The molecule has 0 fully saturated rings. The van der Waals surface area contributed by atoms with Crippen LogP contribution in [-0.4, -0.2) is 23.3 Å². The van der Waals surface area contributed by atoms with Gasteiger partial charge in [0.1, 0.15) is 5.75 Å². The van der Waals surface area contributed by atoms with Crippen LogP contribution in [0.25, 0.3) is 11.3 Å². The van der Waals surface area contributed by atoms with E-state index in [0.29, 0.717) is 0 Å². The van der Waals surface area contributed by atoms with E-state index in [-0.39, 0.29) is 6.10 Å². The molecule has 2 rings (SSSR count). The first-order valence-electron chi connectivity index (χ1n) is 6.39. The summed E-state index contributed by atoms with van der Waals surface area (Å²) in [6.45, 7) is 6.04. The number of nitrogens with zero attached hydrogens (tertiary/aromatic N) is 2. The third kappa shape index (κ3) is 3.22. The number of nitrogens with one attached hydrogen (secondary N) is 1. The summed E-state index contributed by atoms with van der Waals surface area (Å²) in [5.41, 5.74) is 2.98. The van der Waals surface area contributed by atoms with Crippen LogP contribution in [0.4, 0.5) is 5.82 Å². The van der Waals surface area contributed by atoms with E-state index in [1.54, 1.807) is 0 Å². The second-order valence-corrected chi connectivity index (χ2v) is 4.70. The topological polar surface area (TPSA) is 47.0 Å². The van der Waals surface area contributed by atoms with Gasteiger partial charge in [-0.15, -0.1) is 10.2 Å². The van der Waals surface area contributed by atoms with Crippen molar-refractivity contribution in [1.82, 2.24) is 10.2 Å². The zero-order chi connectivity index (χ0) is 13.8. The molecule has 100 valence electrons. The van der Waals surface area contributed by atoms with E-state index in [0.717, 1.165) is 28.4 Å². The Bertz CT molecular complexity index is 550. The van der Waals surface area contributed by atoms with Crippen LogP contribution in [-0.2, 0) is 0 Å². The number of aromatic nitrogens is 2. The van der Waals surface area contributed by atoms with Crippen LogP contribution in [0.2, 0.25) is 0 Å². The van der Waals surface area contributed by atoms with E-state index in [1.165, 1.54) is 0 Å². The average Bonchev–Trinajstić information content (AvgIpc) is 2.39. The highest BCUT2D eigenvalue weighted by molar-refractivity contribution is 5.62. The van der Waals surface area contributed by atoms with Gasteiger partial charge < -0.3 is 10.1 Å². The molecule has 0 aliphatic heterocycles. The Balaban J connectivity index is 2.24. The summed E-state index contributed by atoms with van der Waals surface area (Å²) in [6.07, 6.45) is 0.183. The van der Waals surface area contributed by atoms with Crippen LogP contribution in [0, 0.1) is 6.92 Å². The molecule has 0 aliphatic carbocycles. The number of hydrogen-bond acceptors (Lipinski definition) is 4. The van der Waals surface area contributed by atoms with E-state index in [9.17, 15) is 0 Å². The van der Waals surface area contributed by atoms with E-state index < -0.39 is 0 Å². The zero-order valence-electron chi connectivity index (χ0n) is 11.8. The Morgan fingerprint density at radius 2 is 1.79 bits per heavy atom. The molecule has 1 aromatic heterocycles. The van der Waals surface area contributed by atoms with Crippen LogP contribution in [0.3, 0.4) is 0 Å². The second kappa shape index (κ2) is 5.69. The molecule has 4 nitrogen and oxygen atoms in total. The molecule has 0 amide bonds. The lowest BCUT2D eigenvalue weighted by Crippen LogP contribution is -2.05. The standard InChI is InChI=1S/C15H19N3O/c1-10(2)19-13-7-5-12(6-8-13)14-9-11(3)15(16-4)18-17-14/h5-10H,1-4H3,(H,16,18). The van der Waals surface area contributed by atoms with E-state index >= 15 is 0 Å². The average molecular weight is 257 g/mol. The lowest BCUT2D eigenvalue weighted by Gasteiger charge is -2.10. The maximum atomic E-state index is 5.62. The largest absolute Gasteiger partial charge is 0.491 e. The number of ether oxygens (including phenoxy) is 1. The summed E-state index contributed by atoms with van der Waals surface area (Å²) in [7, 11) is 1.84. The Kier molecular flexibility index (Phi) is 4.00. The van der Waals surface area contributed by atoms with Crippen molar-refractivity contribution in [2.24, 2.45) is 0 Å². The van der Waals surface area contributed by atoms with Crippen LogP contribution in [0.1, 0.15) is 19.4 Å². The van der Waals surface area contributed by atoms with Gasteiger partial charge in [-0.25, -0.2) is 0 Å². The van der Waals surface area contributed by atoms with Gasteiger partial charge in [-0.05, 0) is 56.7 Å². The maximum absolute atomic E-state index is 5.62. The molecule has 19 heavy (non-hydrogen) atoms. The summed E-state index contributed by atoms with van der Waals surface area (Å²) in [6, 6.07) is 9.94. The van der Waals surface area contributed by atoms with E-state index in [2.05, 4.69) is 15.5 Å². The summed E-state index contributed by atoms with van der Waals surface area (Å²) >= 11 is 0. The minimum absolute atomic E-state index is 0.183. The minimum Gasteiger partial charge on any atom is -0.491 e. The van der Waals surface area contributed by atoms with Gasteiger partial charge >= 0.3 is 0 Å². The first-order chi connectivity index (χ1) is 9.10. The van der Waals surface area contributed by atoms with Crippen molar-refractivity contribution in [2.75, 3.05) is 12.4 Å². The molecule has 0 aliphatic rings. The number of rotatable bonds is 4. The molecule has 0 unspecified atom stereocenters. The second-order valence-electron chi connectivity index (χ2n) is 4.70. The highest BCUT2D eigenvalue weighted by atomic mass is 16.5. The molecule has 0 saturated carbocycles. The molecule has 1 heterocycles. The molecule has 0 bridgehead atoms. The zero-order valence-corrected chi connectivity index (χ0v) is 11.8. The molecule has 2 aromatic rings. The molecule has 1 aromatic carbocycles. The van der Waals surface area contributed by atoms with Gasteiger partial charge in [-0.1, -0.05) is 0 Å². The molecule has 0 radical (unpaired) electrons. The van der Waals surface area contributed by atoms with Crippen molar-refractivity contribution in [3.05, 3.63) is 35.9 Å². The van der Waals surface area contributed by atoms with Gasteiger partial charge in [0.25, 0.3) is 0 Å². The molecule has 1 N–H and O–H groups in total. The quantitative estimate of drug-likeness (QED) is 0.913. The predicted octanol–water partition coefficient (Wildman–Crippen LogP) is 3.28. The van der Waals surface area contributed by atoms with Crippen molar-refractivity contribution in [2.45, 2.75) is 26.9 Å². The van der Waals surface area contributed by atoms with Crippen molar-refractivity contribution in [3.8, 4) is 17.0 Å². The first-order valence-corrected chi connectivity index (χ1v) is 6.39. The monoisotopic (exact) mass is 257 g/mol. The van der Waals surface area contributed by atoms with Crippen LogP contribution in [0.5, 0.6) is 5.75 Å². The van der Waals surface area contributed by atoms with Crippen molar-refractivity contribution in [1.29, 1.82) is 0 Å². The molecular weight excluding hydrogens is 238 g/mol. The van der Waals surface area contributed by atoms with E-state index in [4.69, 9.17) is 4.74 Å². The number of hydrogen-bond donors (Lipinski definition) is 1. The van der Waals surface area contributed by atoms with Gasteiger partial charge in [0.15, 0.2) is 5.82 Å². The normalized spacial score (nSPS) is 10.6. The van der Waals surface area contributed by atoms with Crippen LogP contribution >= 0.6 is 0 Å². The van der Waals surface area contributed by atoms with Gasteiger partial charge in [-0.3, -0.25) is 0 Å². The lowest BCUT2D eigenvalue weighted by atomic mass is 10.1. The lowest BCUT2D eigenvalue weighted by molar-refractivity contribution is 0.242. The number of aryl methyl sites for hydroxylation is 1. The fraction of sp³-hybridized carbons (Fsp3) is 0.333. The number of anilines is 1. The van der Waals surface area contributed by atoms with Crippen molar-refractivity contribution in [3.63, 3.8) is 0 Å². The minimum atomic E-state index is 0.183. The number of benzene rings is 1. The van der Waals surface area contributed by atoms with Gasteiger partial charge in [-0.2, -0.15) is 0 Å². The summed E-state index contributed by atoms with van der Waals surface area (Å²) in [4.78, 5) is 0. The smallest absolute Gasteiger partial charge is 0.151 e. The fourth-order valence-corrected chi connectivity index (χ4v) is 1.85. The molecule has 0 atom stereocenters. The van der Waals surface area contributed by atoms with Gasteiger partial charge in [0.2, 0.25) is 0 Å². The summed E-state index contributed by atoms with van der Waals surface area (Å²) in [5.74, 6) is 1.68. The molecule has 0 spiro atoms. The maximum Gasteiger partial charge on any atom is 0.151 e. The Morgan fingerprint density at radius 3 is 2.32 bits per heavy atom. The molecule has 0 saturated heterocycles. The van der Waals surface area contributed by atoms with E-state index in [1.807, 2.05) is 58.2 Å². The SMILES string of the molecule is CNc1nnc(-c2ccc(OC(C)C)cc2)cc1C. The molecular formula is C15H19N3O. The van der Waals surface area contributed by atoms with Gasteiger partial charge in [0.05, 0.1) is 11.8 Å². The first kappa shape index (κ1) is 13.3. The Morgan fingerprint density at radius 1 is 1.11 bits per heavy atom. The van der Waals surface area contributed by atoms with Gasteiger partial charge in [0, 0.05) is 12.6 Å². The third-order valence-electron chi connectivity index (χ3n) is 2.74. The third-order valence-corrected chi connectivity index (χ3v) is 2.74. The molecule has 4 heteroatoms. The summed E-state index contributed by atoms with van der Waals surface area (Å²) in [5, 5.41) is 11.4. The highest BCUT2D eigenvalue weighted by Gasteiger charge is 2.05. The van der Waals surface area contributed by atoms with Crippen LogP contribution < -0.4 is 10.1 Å². The van der Waals surface area contributed by atoms with Crippen molar-refractivity contribution >= 4 is 5.82 Å². The Labute approximate surface area is 113 Å². The highest BCUT2D eigenvalue weighted by Crippen LogP contribution is 2.23. The predicted molar refractivity (Wildman–Crippen MR) is 77.5 cm³/mol. The fourth-order valence-electron chi connectivity index (χ4n) is 1.85. The Hall–Kier alpha value is -2.10.